The van der Waals surface area contributed by atoms with E-state index in [4.69, 9.17) is 5.11 Å². The van der Waals surface area contributed by atoms with E-state index in [2.05, 4.69) is 0 Å². The van der Waals surface area contributed by atoms with Gasteiger partial charge in [-0.3, -0.25) is 4.79 Å². The van der Waals surface area contributed by atoms with Gasteiger partial charge in [0.05, 0.1) is 6.42 Å². The summed E-state index contributed by atoms with van der Waals surface area (Å²) in [4.78, 5) is 12.2. The molecule has 0 aliphatic rings. The minimum absolute atomic E-state index is 0.0503. The van der Waals surface area contributed by atoms with Crippen LogP contribution in [0.25, 0.3) is 0 Å². The third-order valence-corrected chi connectivity index (χ3v) is 3.18. The highest BCUT2D eigenvalue weighted by molar-refractivity contribution is 5.67. The fraction of sp³-hybridized carbons (Fsp3) is 0.188. The Morgan fingerprint density at radius 2 is 1.73 bits per heavy atom. The number of carbonyl (C=O) groups is 1. The number of nitrogens with zero attached hydrogens (tertiary/aromatic N) is 1. The largest absolute Gasteiger partial charge is 0.481 e. The molecule has 0 saturated heterocycles. The highest BCUT2D eigenvalue weighted by Crippen LogP contribution is 2.21. The Kier molecular flexibility index (Phi) is 5.04. The second-order valence-corrected chi connectivity index (χ2v) is 4.76. The van der Waals surface area contributed by atoms with Crippen molar-refractivity contribution >= 4 is 11.7 Å². The molecule has 0 saturated carbocycles. The summed E-state index contributed by atoms with van der Waals surface area (Å²) in [5.74, 6) is -3.49. The van der Waals surface area contributed by atoms with Crippen molar-refractivity contribution in [1.82, 2.24) is 0 Å². The summed E-state index contributed by atoms with van der Waals surface area (Å²) in [5, 5.41) is 8.79. The predicted molar refractivity (Wildman–Crippen MR) is 76.1 cm³/mol. The Morgan fingerprint density at radius 1 is 1.00 bits per heavy atom. The van der Waals surface area contributed by atoms with Gasteiger partial charge in [-0.05, 0) is 18.2 Å². The summed E-state index contributed by atoms with van der Waals surface area (Å²) in [6.45, 7) is 0.111. The van der Waals surface area contributed by atoms with Gasteiger partial charge in [-0.1, -0.05) is 18.2 Å². The lowest BCUT2D eigenvalue weighted by molar-refractivity contribution is -0.136. The van der Waals surface area contributed by atoms with E-state index in [9.17, 15) is 18.0 Å². The molecule has 0 aliphatic carbocycles. The first-order valence-corrected chi connectivity index (χ1v) is 6.62. The fourth-order valence-electron chi connectivity index (χ4n) is 2.04. The fourth-order valence-corrected chi connectivity index (χ4v) is 2.04. The highest BCUT2D eigenvalue weighted by Gasteiger charge is 2.14. The van der Waals surface area contributed by atoms with Crippen LogP contribution in [0.1, 0.15) is 12.0 Å². The maximum atomic E-state index is 13.7. The average Bonchev–Trinajstić information content (AvgIpc) is 2.48. The summed E-state index contributed by atoms with van der Waals surface area (Å²) in [7, 11) is 0. The van der Waals surface area contributed by atoms with Crippen molar-refractivity contribution in [1.29, 1.82) is 0 Å². The topological polar surface area (TPSA) is 40.5 Å². The van der Waals surface area contributed by atoms with Crippen molar-refractivity contribution < 1.29 is 23.1 Å². The van der Waals surface area contributed by atoms with Gasteiger partial charge < -0.3 is 10.0 Å². The Hall–Kier alpha value is -2.50. The molecule has 0 atom stereocenters. The van der Waals surface area contributed by atoms with E-state index >= 15 is 0 Å². The number of carboxylic acid groups (broad SMARTS) is 1. The van der Waals surface area contributed by atoms with Crippen LogP contribution < -0.4 is 4.90 Å². The number of anilines is 1. The molecule has 0 bridgehead atoms. The van der Waals surface area contributed by atoms with Crippen molar-refractivity contribution in [3.05, 3.63) is 65.5 Å². The van der Waals surface area contributed by atoms with Crippen LogP contribution >= 0.6 is 0 Å². The molecule has 0 radical (unpaired) electrons. The number of hydrogen-bond donors (Lipinski definition) is 1. The maximum absolute atomic E-state index is 13.7. The van der Waals surface area contributed by atoms with Crippen molar-refractivity contribution in [2.45, 2.75) is 13.0 Å². The van der Waals surface area contributed by atoms with Gasteiger partial charge >= 0.3 is 5.97 Å². The van der Waals surface area contributed by atoms with Crippen LogP contribution in [-0.2, 0) is 11.3 Å². The highest BCUT2D eigenvalue weighted by atomic mass is 19.2. The van der Waals surface area contributed by atoms with Crippen molar-refractivity contribution in [2.75, 3.05) is 11.4 Å². The summed E-state index contributed by atoms with van der Waals surface area (Å²) in [6, 6.07) is 9.30. The molecule has 2 aromatic rings. The lowest BCUT2D eigenvalue weighted by Gasteiger charge is -2.24. The summed E-state index contributed by atoms with van der Waals surface area (Å²) in [6.07, 6.45) is -0.201. The number of rotatable bonds is 6. The van der Waals surface area contributed by atoms with Gasteiger partial charge in [-0.15, -0.1) is 0 Å². The quantitative estimate of drug-likeness (QED) is 0.886. The molecule has 0 unspecified atom stereocenters. The molecular weight excluding hydrogens is 295 g/mol. The molecule has 0 amide bonds. The number of carboxylic acids is 1. The molecule has 0 spiro atoms. The molecule has 0 aromatic heterocycles. The number of aliphatic carboxylic acids is 1. The lowest BCUT2D eigenvalue weighted by atomic mass is 10.1. The van der Waals surface area contributed by atoms with Gasteiger partial charge in [0, 0.05) is 30.4 Å². The predicted octanol–water partition coefficient (Wildman–Crippen LogP) is 3.59. The minimum Gasteiger partial charge on any atom is -0.481 e. The lowest BCUT2D eigenvalue weighted by Crippen LogP contribution is -2.26. The zero-order chi connectivity index (χ0) is 16.1. The smallest absolute Gasteiger partial charge is 0.305 e. The van der Waals surface area contributed by atoms with Crippen molar-refractivity contribution in [3.8, 4) is 0 Å². The van der Waals surface area contributed by atoms with E-state index in [1.54, 1.807) is 12.1 Å². The van der Waals surface area contributed by atoms with Crippen LogP contribution in [-0.4, -0.2) is 17.6 Å². The SMILES string of the molecule is O=C(O)CCN(Cc1ccccc1F)c1ccc(F)c(F)c1. The van der Waals surface area contributed by atoms with Crippen LogP contribution in [0.15, 0.2) is 42.5 Å². The molecule has 116 valence electrons. The molecule has 1 N–H and O–H groups in total. The summed E-state index contributed by atoms with van der Waals surface area (Å²) < 4.78 is 40.1. The second-order valence-electron chi connectivity index (χ2n) is 4.76. The van der Waals surface area contributed by atoms with E-state index in [0.717, 1.165) is 12.1 Å². The zero-order valence-corrected chi connectivity index (χ0v) is 11.6. The summed E-state index contributed by atoms with van der Waals surface area (Å²) >= 11 is 0. The Morgan fingerprint density at radius 3 is 2.36 bits per heavy atom. The molecule has 0 fully saturated rings. The normalized spacial score (nSPS) is 10.5. The van der Waals surface area contributed by atoms with Crippen molar-refractivity contribution in [2.24, 2.45) is 0 Å². The van der Waals surface area contributed by atoms with Gasteiger partial charge in [0.25, 0.3) is 0 Å². The number of benzene rings is 2. The van der Waals surface area contributed by atoms with E-state index < -0.39 is 23.4 Å². The monoisotopic (exact) mass is 309 g/mol. The number of hydrogen-bond acceptors (Lipinski definition) is 2. The van der Waals surface area contributed by atoms with Gasteiger partial charge in [0.1, 0.15) is 5.82 Å². The van der Waals surface area contributed by atoms with E-state index in [1.807, 2.05) is 0 Å². The van der Waals surface area contributed by atoms with Crippen molar-refractivity contribution in [3.63, 3.8) is 0 Å². The van der Waals surface area contributed by atoms with Gasteiger partial charge in [-0.2, -0.15) is 0 Å². The minimum atomic E-state index is -1.04. The zero-order valence-electron chi connectivity index (χ0n) is 11.6. The van der Waals surface area contributed by atoms with E-state index in [1.165, 1.54) is 23.1 Å². The Balaban J connectivity index is 2.27. The number of halogens is 3. The third kappa shape index (κ3) is 4.00. The first-order valence-electron chi connectivity index (χ1n) is 6.62. The van der Waals surface area contributed by atoms with E-state index in [-0.39, 0.29) is 19.5 Å². The van der Waals surface area contributed by atoms with E-state index in [0.29, 0.717) is 11.3 Å². The molecule has 22 heavy (non-hydrogen) atoms. The molecule has 6 heteroatoms. The first-order chi connectivity index (χ1) is 10.5. The Bertz CT molecular complexity index is 676. The van der Waals surface area contributed by atoms with Crippen LogP contribution in [0.5, 0.6) is 0 Å². The van der Waals surface area contributed by atoms with Crippen LogP contribution in [0.3, 0.4) is 0 Å². The standard InChI is InChI=1S/C16H14F3NO2/c17-13-4-2-1-3-11(13)10-20(8-7-16(21)22)12-5-6-14(18)15(19)9-12/h1-6,9H,7-8,10H2,(H,21,22). The molecule has 0 heterocycles. The molecule has 2 rings (SSSR count). The Labute approximate surface area is 125 Å². The van der Waals surface area contributed by atoms with Crippen LogP contribution in [0.4, 0.5) is 18.9 Å². The van der Waals surface area contributed by atoms with Gasteiger partial charge in [0.15, 0.2) is 11.6 Å². The van der Waals surface area contributed by atoms with Gasteiger partial charge in [-0.25, -0.2) is 13.2 Å². The van der Waals surface area contributed by atoms with Crippen LogP contribution in [0.2, 0.25) is 0 Å². The third-order valence-electron chi connectivity index (χ3n) is 3.18. The molecular formula is C16H14F3NO2. The molecule has 3 nitrogen and oxygen atoms in total. The van der Waals surface area contributed by atoms with Gasteiger partial charge in [0.2, 0.25) is 0 Å². The molecule has 2 aromatic carbocycles. The average molecular weight is 309 g/mol. The summed E-state index contributed by atoms with van der Waals surface area (Å²) in [5.41, 5.74) is 0.640. The first kappa shape index (κ1) is 15.9. The maximum Gasteiger partial charge on any atom is 0.305 e. The second kappa shape index (κ2) is 6.98. The molecule has 0 aliphatic heterocycles. The van der Waals surface area contributed by atoms with Crippen LogP contribution in [0, 0.1) is 17.5 Å².